The van der Waals surface area contributed by atoms with Crippen molar-refractivity contribution in [3.05, 3.63) is 42.1 Å². The number of nitrogens with zero attached hydrogens (tertiary/aromatic N) is 1. The Morgan fingerprint density at radius 2 is 1.70 bits per heavy atom. The van der Waals surface area contributed by atoms with Gasteiger partial charge in [-0.3, -0.25) is 4.98 Å². The van der Waals surface area contributed by atoms with Crippen molar-refractivity contribution in [2.45, 2.75) is 96.9 Å². The van der Waals surface area contributed by atoms with Crippen LogP contribution in [0.15, 0.2) is 36.5 Å². The second kappa shape index (κ2) is 9.84. The molecule has 0 aliphatic heterocycles. The van der Waals surface area contributed by atoms with Gasteiger partial charge in [0.25, 0.3) is 0 Å². The van der Waals surface area contributed by atoms with E-state index in [2.05, 4.69) is 70.0 Å². The maximum Gasteiger partial charge on any atom is 0.192 e. The van der Waals surface area contributed by atoms with Gasteiger partial charge in [0.05, 0.1) is 11.6 Å². The molecular weight excluding hydrogens is 346 g/mol. The average Bonchev–Trinajstić information content (AvgIpc) is 2.62. The van der Waals surface area contributed by atoms with Crippen LogP contribution in [-0.2, 0) is 4.43 Å². The standard InChI is InChI=1S/C24H39NOSi/c1-7-8-9-10-11-12-15-23(26-27(5,6)24(2,3)4)21-17-16-20-14-13-18-25-22(20)19-21/h13-14,16-19,23H,7-12,15H2,1-6H3. The minimum atomic E-state index is -1.82. The van der Waals surface area contributed by atoms with Gasteiger partial charge in [-0.1, -0.05) is 84.4 Å². The molecule has 2 rings (SSSR count). The molecule has 0 fully saturated rings. The SMILES string of the molecule is CCCCCCCCC(O[Si](C)(C)C(C)(C)C)c1ccc2cccnc2c1. The number of rotatable bonds is 10. The van der Waals surface area contributed by atoms with Gasteiger partial charge in [0.1, 0.15) is 0 Å². The zero-order valence-electron chi connectivity index (χ0n) is 18.3. The van der Waals surface area contributed by atoms with Crippen molar-refractivity contribution < 1.29 is 4.43 Å². The van der Waals surface area contributed by atoms with E-state index in [0.29, 0.717) is 0 Å². The first-order valence-corrected chi connectivity index (χ1v) is 13.7. The Morgan fingerprint density at radius 3 is 2.41 bits per heavy atom. The van der Waals surface area contributed by atoms with Crippen LogP contribution in [-0.4, -0.2) is 13.3 Å². The van der Waals surface area contributed by atoms with E-state index in [0.717, 1.165) is 11.9 Å². The summed E-state index contributed by atoms with van der Waals surface area (Å²) < 4.78 is 6.88. The summed E-state index contributed by atoms with van der Waals surface area (Å²) in [7, 11) is -1.82. The molecule has 0 N–H and O–H groups in total. The highest BCUT2D eigenvalue weighted by atomic mass is 28.4. The third kappa shape index (κ3) is 6.43. The van der Waals surface area contributed by atoms with Crippen molar-refractivity contribution in [2.75, 3.05) is 0 Å². The lowest BCUT2D eigenvalue weighted by Crippen LogP contribution is -2.41. The summed E-state index contributed by atoms with van der Waals surface area (Å²) in [6, 6.07) is 10.8. The fourth-order valence-electron chi connectivity index (χ4n) is 3.22. The van der Waals surface area contributed by atoms with Crippen molar-refractivity contribution in [1.82, 2.24) is 4.98 Å². The van der Waals surface area contributed by atoms with Gasteiger partial charge in [0.2, 0.25) is 0 Å². The summed E-state index contributed by atoms with van der Waals surface area (Å²) in [6.45, 7) is 14.0. The molecule has 1 aromatic heterocycles. The molecule has 1 heterocycles. The van der Waals surface area contributed by atoms with Gasteiger partial charge >= 0.3 is 0 Å². The van der Waals surface area contributed by atoms with Crippen molar-refractivity contribution in [1.29, 1.82) is 0 Å². The van der Waals surface area contributed by atoms with Crippen LogP contribution in [0.25, 0.3) is 10.9 Å². The van der Waals surface area contributed by atoms with E-state index < -0.39 is 8.32 Å². The third-order valence-corrected chi connectivity index (χ3v) is 10.6. The number of fused-ring (bicyclic) bond motifs is 1. The van der Waals surface area contributed by atoms with Crippen LogP contribution in [0.4, 0.5) is 0 Å². The third-order valence-electron chi connectivity index (χ3n) is 6.06. The Kier molecular flexibility index (Phi) is 8.05. The Morgan fingerprint density at radius 1 is 1.00 bits per heavy atom. The van der Waals surface area contributed by atoms with Crippen LogP contribution in [0.1, 0.15) is 84.3 Å². The molecule has 1 atom stereocenters. The molecule has 0 bridgehead atoms. The zero-order chi connectivity index (χ0) is 19.9. The normalized spacial score (nSPS) is 13.9. The maximum absolute atomic E-state index is 6.88. The second-order valence-corrected chi connectivity index (χ2v) is 14.1. The highest BCUT2D eigenvalue weighted by molar-refractivity contribution is 6.74. The molecule has 27 heavy (non-hydrogen) atoms. The fraction of sp³-hybridized carbons (Fsp3) is 0.625. The minimum absolute atomic E-state index is 0.184. The molecule has 2 aromatic rings. The molecule has 2 nitrogen and oxygen atoms in total. The van der Waals surface area contributed by atoms with Crippen molar-refractivity contribution in [3.8, 4) is 0 Å². The average molecular weight is 386 g/mol. The van der Waals surface area contributed by atoms with Gasteiger partial charge in [0, 0.05) is 11.6 Å². The van der Waals surface area contributed by atoms with E-state index in [1.807, 2.05) is 12.3 Å². The van der Waals surface area contributed by atoms with Crippen LogP contribution in [0.5, 0.6) is 0 Å². The fourth-order valence-corrected chi connectivity index (χ4v) is 4.54. The van der Waals surface area contributed by atoms with Gasteiger partial charge in [-0.25, -0.2) is 0 Å². The molecular formula is C24H39NOSi. The summed E-state index contributed by atoms with van der Waals surface area (Å²) in [6.07, 6.45) is 11.1. The molecule has 0 radical (unpaired) electrons. The number of benzene rings is 1. The van der Waals surface area contributed by atoms with Crippen molar-refractivity contribution in [3.63, 3.8) is 0 Å². The Hall–Kier alpha value is -1.19. The number of aromatic nitrogens is 1. The Labute approximate surface area is 167 Å². The van der Waals surface area contributed by atoms with E-state index in [1.165, 1.54) is 49.5 Å². The molecule has 0 saturated heterocycles. The largest absolute Gasteiger partial charge is 0.410 e. The molecule has 0 saturated carbocycles. The molecule has 0 spiro atoms. The number of unbranched alkanes of at least 4 members (excludes halogenated alkanes) is 5. The van der Waals surface area contributed by atoms with Crippen LogP contribution >= 0.6 is 0 Å². The maximum atomic E-state index is 6.88. The zero-order valence-corrected chi connectivity index (χ0v) is 19.3. The highest BCUT2D eigenvalue weighted by Crippen LogP contribution is 2.41. The first kappa shape index (κ1) is 22.1. The molecule has 150 valence electrons. The quantitative estimate of drug-likeness (QED) is 0.305. The summed E-state index contributed by atoms with van der Waals surface area (Å²) in [4.78, 5) is 4.56. The Balaban J connectivity index is 2.14. The lowest BCUT2D eigenvalue weighted by atomic mass is 10.0. The molecule has 0 aliphatic rings. The number of pyridine rings is 1. The van der Waals surface area contributed by atoms with Crippen LogP contribution in [0.3, 0.4) is 0 Å². The molecule has 3 heteroatoms. The lowest BCUT2D eigenvalue weighted by Gasteiger charge is -2.39. The van der Waals surface area contributed by atoms with E-state index in [4.69, 9.17) is 4.43 Å². The van der Waals surface area contributed by atoms with E-state index in [1.54, 1.807) is 0 Å². The number of hydrogen-bond acceptors (Lipinski definition) is 2. The van der Waals surface area contributed by atoms with Gasteiger partial charge in [-0.05, 0) is 42.2 Å². The summed E-state index contributed by atoms with van der Waals surface area (Å²) in [5.41, 5.74) is 2.36. The summed E-state index contributed by atoms with van der Waals surface area (Å²) in [5.74, 6) is 0. The summed E-state index contributed by atoms with van der Waals surface area (Å²) >= 11 is 0. The first-order valence-electron chi connectivity index (χ1n) is 10.8. The molecule has 1 unspecified atom stereocenters. The van der Waals surface area contributed by atoms with Crippen LogP contribution < -0.4 is 0 Å². The Bertz CT molecular complexity index is 705. The van der Waals surface area contributed by atoms with E-state index >= 15 is 0 Å². The summed E-state index contributed by atoms with van der Waals surface area (Å²) in [5, 5.41) is 1.42. The molecule has 0 amide bonds. The predicted molar refractivity (Wildman–Crippen MR) is 121 cm³/mol. The highest BCUT2D eigenvalue weighted by Gasteiger charge is 2.39. The lowest BCUT2D eigenvalue weighted by molar-refractivity contribution is 0.169. The van der Waals surface area contributed by atoms with Gasteiger partial charge in [0.15, 0.2) is 8.32 Å². The minimum Gasteiger partial charge on any atom is -0.410 e. The van der Waals surface area contributed by atoms with Crippen LogP contribution in [0, 0.1) is 0 Å². The molecule has 0 aliphatic carbocycles. The van der Waals surface area contributed by atoms with E-state index in [-0.39, 0.29) is 11.1 Å². The topological polar surface area (TPSA) is 22.1 Å². The van der Waals surface area contributed by atoms with Gasteiger partial charge in [-0.15, -0.1) is 0 Å². The second-order valence-electron chi connectivity index (χ2n) is 9.38. The smallest absolute Gasteiger partial charge is 0.192 e. The van der Waals surface area contributed by atoms with Crippen molar-refractivity contribution >= 4 is 19.2 Å². The van der Waals surface area contributed by atoms with E-state index in [9.17, 15) is 0 Å². The first-order chi connectivity index (χ1) is 12.7. The van der Waals surface area contributed by atoms with Gasteiger partial charge in [-0.2, -0.15) is 0 Å². The monoisotopic (exact) mass is 385 g/mol. The number of hydrogen-bond donors (Lipinski definition) is 0. The predicted octanol–water partition coefficient (Wildman–Crippen LogP) is 8.05. The van der Waals surface area contributed by atoms with Crippen molar-refractivity contribution in [2.24, 2.45) is 0 Å². The van der Waals surface area contributed by atoms with Crippen LogP contribution in [0.2, 0.25) is 18.1 Å². The van der Waals surface area contributed by atoms with Gasteiger partial charge < -0.3 is 4.43 Å². The molecule has 1 aromatic carbocycles.